The van der Waals surface area contributed by atoms with Crippen LogP contribution in [0.25, 0.3) is 0 Å². The molecule has 0 radical (unpaired) electrons. The number of ether oxygens (including phenoxy) is 1. The molecule has 0 amide bonds. The van der Waals surface area contributed by atoms with Gasteiger partial charge >= 0.3 is 0 Å². The van der Waals surface area contributed by atoms with Gasteiger partial charge < -0.3 is 9.84 Å². The van der Waals surface area contributed by atoms with Crippen LogP contribution in [0.1, 0.15) is 11.1 Å². The summed E-state index contributed by atoms with van der Waals surface area (Å²) >= 11 is 0. The summed E-state index contributed by atoms with van der Waals surface area (Å²) in [5.41, 5.74) is 0.678. The first-order chi connectivity index (χ1) is 8.56. The van der Waals surface area contributed by atoms with Gasteiger partial charge in [-0.1, -0.05) is 6.07 Å². The molecule has 0 atom stereocenters. The fourth-order valence-corrected chi connectivity index (χ4v) is 1.64. The van der Waals surface area contributed by atoms with Gasteiger partial charge in [0.2, 0.25) is 0 Å². The van der Waals surface area contributed by atoms with E-state index in [1.807, 2.05) is 0 Å². The molecule has 2 nitrogen and oxygen atoms in total. The summed E-state index contributed by atoms with van der Waals surface area (Å²) in [6.45, 7) is 1.57. The quantitative estimate of drug-likeness (QED) is 0.902. The standard InChI is InChI=1S/C14H12F2O2/c1-9-5-10(17)7-11(6-9)18-8-12-13(15)3-2-4-14(12)16/h2-7,17H,8H2,1H3. The molecule has 94 valence electrons. The molecule has 0 aromatic heterocycles. The largest absolute Gasteiger partial charge is 0.508 e. The summed E-state index contributed by atoms with van der Waals surface area (Å²) in [5.74, 6) is -0.868. The van der Waals surface area contributed by atoms with E-state index in [2.05, 4.69) is 0 Å². The van der Waals surface area contributed by atoms with Crippen molar-refractivity contribution in [3.8, 4) is 11.5 Å². The van der Waals surface area contributed by atoms with Gasteiger partial charge in [0.15, 0.2) is 0 Å². The van der Waals surface area contributed by atoms with E-state index in [1.165, 1.54) is 24.3 Å². The Kier molecular flexibility index (Phi) is 3.46. The van der Waals surface area contributed by atoms with Crippen LogP contribution in [0.3, 0.4) is 0 Å². The lowest BCUT2D eigenvalue weighted by Crippen LogP contribution is -2.01. The first kappa shape index (κ1) is 12.4. The molecule has 0 aliphatic carbocycles. The first-order valence-corrected chi connectivity index (χ1v) is 5.42. The molecule has 0 spiro atoms. The van der Waals surface area contributed by atoms with E-state index in [0.29, 0.717) is 5.75 Å². The molecule has 2 aromatic carbocycles. The lowest BCUT2D eigenvalue weighted by molar-refractivity contribution is 0.291. The van der Waals surface area contributed by atoms with Crippen molar-refractivity contribution in [2.75, 3.05) is 0 Å². The van der Waals surface area contributed by atoms with Crippen LogP contribution in [-0.4, -0.2) is 5.11 Å². The number of halogens is 2. The molecule has 0 unspecified atom stereocenters. The fourth-order valence-electron chi connectivity index (χ4n) is 1.64. The number of hydrogen-bond acceptors (Lipinski definition) is 2. The molecule has 0 saturated heterocycles. The second kappa shape index (κ2) is 5.04. The summed E-state index contributed by atoms with van der Waals surface area (Å²) < 4.78 is 32.0. The molecule has 0 saturated carbocycles. The molecular formula is C14H12F2O2. The van der Waals surface area contributed by atoms with E-state index < -0.39 is 11.6 Å². The highest BCUT2D eigenvalue weighted by Crippen LogP contribution is 2.23. The molecular weight excluding hydrogens is 238 g/mol. The van der Waals surface area contributed by atoms with E-state index in [-0.39, 0.29) is 17.9 Å². The molecule has 0 aliphatic rings. The van der Waals surface area contributed by atoms with E-state index in [9.17, 15) is 13.9 Å². The van der Waals surface area contributed by atoms with Crippen molar-refractivity contribution in [2.24, 2.45) is 0 Å². The normalized spacial score (nSPS) is 10.4. The van der Waals surface area contributed by atoms with E-state index in [1.54, 1.807) is 19.1 Å². The second-order valence-corrected chi connectivity index (χ2v) is 3.99. The lowest BCUT2D eigenvalue weighted by Gasteiger charge is -2.09. The number of rotatable bonds is 3. The van der Waals surface area contributed by atoms with Gasteiger partial charge in [-0.2, -0.15) is 0 Å². The highest BCUT2D eigenvalue weighted by Gasteiger charge is 2.09. The van der Waals surface area contributed by atoms with Gasteiger partial charge in [0.25, 0.3) is 0 Å². The minimum absolute atomic E-state index is 0.0546. The van der Waals surface area contributed by atoms with Crippen LogP contribution in [0.2, 0.25) is 0 Å². The van der Waals surface area contributed by atoms with Gasteiger partial charge in [-0.25, -0.2) is 8.78 Å². The number of benzene rings is 2. The highest BCUT2D eigenvalue weighted by molar-refractivity contribution is 5.37. The first-order valence-electron chi connectivity index (χ1n) is 5.42. The van der Waals surface area contributed by atoms with Crippen molar-refractivity contribution in [3.63, 3.8) is 0 Å². The van der Waals surface area contributed by atoms with Crippen molar-refractivity contribution in [1.29, 1.82) is 0 Å². The molecule has 0 aliphatic heterocycles. The Morgan fingerprint density at radius 3 is 2.39 bits per heavy atom. The van der Waals surface area contributed by atoms with Crippen LogP contribution >= 0.6 is 0 Å². The zero-order valence-electron chi connectivity index (χ0n) is 9.78. The van der Waals surface area contributed by atoms with Gasteiger partial charge in [-0.05, 0) is 36.8 Å². The Morgan fingerprint density at radius 2 is 1.78 bits per heavy atom. The molecule has 1 N–H and O–H groups in total. The number of phenols is 1. The summed E-state index contributed by atoms with van der Waals surface area (Å²) in [4.78, 5) is 0. The Morgan fingerprint density at radius 1 is 1.11 bits per heavy atom. The maximum atomic E-state index is 13.3. The summed E-state index contributed by atoms with van der Waals surface area (Å²) in [6.07, 6.45) is 0. The zero-order chi connectivity index (χ0) is 13.1. The molecule has 2 rings (SSSR count). The summed E-state index contributed by atoms with van der Waals surface area (Å²) in [7, 11) is 0. The van der Waals surface area contributed by atoms with E-state index >= 15 is 0 Å². The molecule has 2 aromatic rings. The predicted molar refractivity (Wildman–Crippen MR) is 63.5 cm³/mol. The van der Waals surface area contributed by atoms with Crippen LogP contribution in [-0.2, 0) is 6.61 Å². The number of aryl methyl sites for hydroxylation is 1. The summed E-state index contributed by atoms with van der Waals surface area (Å²) in [6, 6.07) is 8.29. The Hall–Kier alpha value is -2.10. The van der Waals surface area contributed by atoms with Crippen molar-refractivity contribution >= 4 is 0 Å². The van der Waals surface area contributed by atoms with Crippen LogP contribution in [0.5, 0.6) is 11.5 Å². The zero-order valence-corrected chi connectivity index (χ0v) is 9.78. The van der Waals surface area contributed by atoms with Crippen LogP contribution < -0.4 is 4.74 Å². The third-order valence-corrected chi connectivity index (χ3v) is 2.48. The number of hydrogen-bond donors (Lipinski definition) is 1. The molecule has 0 heterocycles. The van der Waals surface area contributed by atoms with Crippen LogP contribution in [0.15, 0.2) is 36.4 Å². The van der Waals surface area contributed by atoms with Crippen LogP contribution in [0, 0.1) is 18.6 Å². The van der Waals surface area contributed by atoms with Gasteiger partial charge in [0.1, 0.15) is 29.7 Å². The molecule has 0 fully saturated rings. The predicted octanol–water partition coefficient (Wildman–Crippen LogP) is 3.56. The molecule has 0 bridgehead atoms. The Bertz CT molecular complexity index is 527. The second-order valence-electron chi connectivity index (χ2n) is 3.99. The minimum atomic E-state index is -0.646. The topological polar surface area (TPSA) is 29.5 Å². The number of phenolic OH excluding ortho intramolecular Hbond substituents is 1. The Balaban J connectivity index is 2.16. The number of aromatic hydroxyl groups is 1. The SMILES string of the molecule is Cc1cc(O)cc(OCc2c(F)cccc2F)c1. The fraction of sp³-hybridized carbons (Fsp3) is 0.143. The smallest absolute Gasteiger partial charge is 0.132 e. The third kappa shape index (κ3) is 2.77. The van der Waals surface area contributed by atoms with E-state index in [4.69, 9.17) is 4.74 Å². The Labute approximate surface area is 103 Å². The average Bonchev–Trinajstić information content (AvgIpc) is 2.27. The molecule has 18 heavy (non-hydrogen) atoms. The third-order valence-electron chi connectivity index (χ3n) is 2.48. The van der Waals surface area contributed by atoms with Gasteiger partial charge in [0, 0.05) is 6.07 Å². The van der Waals surface area contributed by atoms with Gasteiger partial charge in [0.05, 0.1) is 5.56 Å². The van der Waals surface area contributed by atoms with Crippen molar-refractivity contribution in [3.05, 3.63) is 59.2 Å². The molecule has 4 heteroatoms. The van der Waals surface area contributed by atoms with Crippen molar-refractivity contribution < 1.29 is 18.6 Å². The van der Waals surface area contributed by atoms with Crippen LogP contribution in [0.4, 0.5) is 8.78 Å². The minimum Gasteiger partial charge on any atom is -0.508 e. The van der Waals surface area contributed by atoms with Gasteiger partial charge in [-0.3, -0.25) is 0 Å². The van der Waals surface area contributed by atoms with Crippen molar-refractivity contribution in [1.82, 2.24) is 0 Å². The van der Waals surface area contributed by atoms with Gasteiger partial charge in [-0.15, -0.1) is 0 Å². The monoisotopic (exact) mass is 250 g/mol. The average molecular weight is 250 g/mol. The maximum absolute atomic E-state index is 13.3. The lowest BCUT2D eigenvalue weighted by atomic mass is 10.2. The highest BCUT2D eigenvalue weighted by atomic mass is 19.1. The van der Waals surface area contributed by atoms with E-state index in [0.717, 1.165) is 5.56 Å². The maximum Gasteiger partial charge on any atom is 0.132 e. The summed E-state index contributed by atoms with van der Waals surface area (Å²) in [5, 5.41) is 9.37. The van der Waals surface area contributed by atoms with Crippen molar-refractivity contribution in [2.45, 2.75) is 13.5 Å².